The summed E-state index contributed by atoms with van der Waals surface area (Å²) >= 11 is 1.11. The molecule has 0 aliphatic rings. The van der Waals surface area contributed by atoms with Gasteiger partial charge in [0.15, 0.2) is 0 Å². The Balaban J connectivity index is 1.98. The number of carbonyl (C=O) groups is 1. The Morgan fingerprint density at radius 3 is 2.83 bits per heavy atom. The van der Waals surface area contributed by atoms with E-state index < -0.39 is 0 Å². The van der Waals surface area contributed by atoms with Crippen molar-refractivity contribution in [3.63, 3.8) is 0 Å². The Morgan fingerprint density at radius 2 is 2.22 bits per heavy atom. The molecule has 0 bridgehead atoms. The van der Waals surface area contributed by atoms with Crippen LogP contribution in [-0.2, 0) is 0 Å². The SMILES string of the molecule is CCCNc1cnc(C(=O)Nc2cnns2)cn1. The molecule has 2 heterocycles. The molecule has 0 fully saturated rings. The van der Waals surface area contributed by atoms with Crippen LogP contribution in [0.1, 0.15) is 23.8 Å². The fourth-order valence-electron chi connectivity index (χ4n) is 1.19. The average Bonchev–Trinajstić information content (AvgIpc) is 2.89. The van der Waals surface area contributed by atoms with Crippen LogP contribution in [0.5, 0.6) is 0 Å². The van der Waals surface area contributed by atoms with E-state index in [0.29, 0.717) is 10.8 Å². The van der Waals surface area contributed by atoms with Gasteiger partial charge >= 0.3 is 0 Å². The molecule has 2 rings (SSSR count). The lowest BCUT2D eigenvalue weighted by Crippen LogP contribution is -2.13. The van der Waals surface area contributed by atoms with E-state index in [1.165, 1.54) is 18.6 Å². The van der Waals surface area contributed by atoms with Gasteiger partial charge in [0.25, 0.3) is 5.91 Å². The Labute approximate surface area is 108 Å². The van der Waals surface area contributed by atoms with Crippen molar-refractivity contribution in [3.05, 3.63) is 24.3 Å². The number of hydrogen-bond acceptors (Lipinski definition) is 7. The van der Waals surface area contributed by atoms with Gasteiger partial charge in [-0.05, 0) is 6.42 Å². The predicted molar refractivity (Wildman–Crippen MR) is 68.7 cm³/mol. The van der Waals surface area contributed by atoms with Crippen LogP contribution in [0.2, 0.25) is 0 Å². The van der Waals surface area contributed by atoms with Crippen molar-refractivity contribution >= 4 is 28.3 Å². The van der Waals surface area contributed by atoms with Crippen molar-refractivity contribution in [1.29, 1.82) is 0 Å². The molecule has 94 valence electrons. The summed E-state index contributed by atoms with van der Waals surface area (Å²) in [5.74, 6) is 0.337. The lowest BCUT2D eigenvalue weighted by Gasteiger charge is -2.04. The standard InChI is InChI=1S/C10H12N6OS/c1-2-3-11-8-5-12-7(4-13-8)10(17)15-9-6-14-16-18-9/h4-6H,2-3H2,1H3,(H,11,13)(H,15,17). The van der Waals surface area contributed by atoms with Gasteiger partial charge in [0, 0.05) is 18.1 Å². The lowest BCUT2D eigenvalue weighted by molar-refractivity contribution is 0.102. The van der Waals surface area contributed by atoms with Gasteiger partial charge in [-0.25, -0.2) is 9.97 Å². The molecule has 2 aromatic heterocycles. The van der Waals surface area contributed by atoms with Crippen LogP contribution < -0.4 is 10.6 Å². The first-order valence-corrected chi connectivity index (χ1v) is 6.21. The number of nitrogens with one attached hydrogen (secondary N) is 2. The summed E-state index contributed by atoms with van der Waals surface area (Å²) in [7, 11) is 0. The minimum absolute atomic E-state index is 0.255. The van der Waals surface area contributed by atoms with Crippen LogP contribution in [0.4, 0.5) is 10.8 Å². The normalized spacial score (nSPS) is 10.1. The fraction of sp³-hybridized carbons (Fsp3) is 0.300. The Kier molecular flexibility index (Phi) is 4.13. The molecule has 0 aromatic carbocycles. The highest BCUT2D eigenvalue weighted by atomic mass is 32.1. The van der Waals surface area contributed by atoms with E-state index in [-0.39, 0.29) is 11.6 Å². The summed E-state index contributed by atoms with van der Waals surface area (Å²) in [5.41, 5.74) is 0.255. The molecule has 8 heteroatoms. The second-order valence-corrected chi connectivity index (χ2v) is 4.24. The van der Waals surface area contributed by atoms with E-state index in [4.69, 9.17) is 0 Å². The molecular formula is C10H12N6OS. The van der Waals surface area contributed by atoms with Gasteiger partial charge in [-0.1, -0.05) is 11.4 Å². The first kappa shape index (κ1) is 12.4. The molecular weight excluding hydrogens is 252 g/mol. The zero-order valence-corrected chi connectivity index (χ0v) is 10.6. The zero-order chi connectivity index (χ0) is 12.8. The molecule has 2 N–H and O–H groups in total. The highest BCUT2D eigenvalue weighted by Gasteiger charge is 2.09. The van der Waals surface area contributed by atoms with E-state index in [9.17, 15) is 4.79 Å². The van der Waals surface area contributed by atoms with Gasteiger partial charge in [0.1, 0.15) is 16.5 Å². The van der Waals surface area contributed by atoms with Crippen molar-refractivity contribution in [1.82, 2.24) is 19.6 Å². The van der Waals surface area contributed by atoms with Crippen LogP contribution in [0, 0.1) is 0 Å². The lowest BCUT2D eigenvalue weighted by atomic mass is 10.4. The summed E-state index contributed by atoms with van der Waals surface area (Å²) in [4.78, 5) is 19.9. The highest BCUT2D eigenvalue weighted by molar-refractivity contribution is 7.10. The molecule has 0 unspecified atom stereocenters. The summed E-state index contributed by atoms with van der Waals surface area (Å²) in [6.45, 7) is 2.89. The second kappa shape index (κ2) is 6.01. The smallest absolute Gasteiger partial charge is 0.276 e. The van der Waals surface area contributed by atoms with Crippen molar-refractivity contribution < 1.29 is 4.79 Å². The van der Waals surface area contributed by atoms with E-state index in [0.717, 1.165) is 24.5 Å². The Bertz CT molecular complexity index is 498. The van der Waals surface area contributed by atoms with Crippen molar-refractivity contribution in [2.24, 2.45) is 0 Å². The van der Waals surface area contributed by atoms with Gasteiger partial charge in [0.05, 0.1) is 18.6 Å². The quantitative estimate of drug-likeness (QED) is 0.848. The predicted octanol–water partition coefficient (Wildman–Crippen LogP) is 1.40. The van der Waals surface area contributed by atoms with Crippen molar-refractivity contribution in [2.75, 3.05) is 17.2 Å². The van der Waals surface area contributed by atoms with Crippen LogP contribution in [0.25, 0.3) is 0 Å². The molecule has 1 amide bonds. The van der Waals surface area contributed by atoms with Crippen LogP contribution in [-0.4, -0.2) is 32.0 Å². The number of rotatable bonds is 5. The number of carbonyl (C=O) groups excluding carboxylic acids is 1. The third-order valence-electron chi connectivity index (χ3n) is 2.04. The fourth-order valence-corrected chi connectivity index (χ4v) is 1.60. The van der Waals surface area contributed by atoms with E-state index >= 15 is 0 Å². The van der Waals surface area contributed by atoms with Gasteiger partial charge in [-0.2, -0.15) is 0 Å². The molecule has 0 saturated heterocycles. The molecule has 0 aliphatic carbocycles. The first-order chi connectivity index (χ1) is 8.79. The molecule has 18 heavy (non-hydrogen) atoms. The van der Waals surface area contributed by atoms with Gasteiger partial charge < -0.3 is 10.6 Å². The molecule has 0 radical (unpaired) electrons. The Morgan fingerprint density at radius 1 is 1.33 bits per heavy atom. The first-order valence-electron chi connectivity index (χ1n) is 5.44. The second-order valence-electron chi connectivity index (χ2n) is 3.45. The molecule has 0 aliphatic heterocycles. The summed E-state index contributed by atoms with van der Waals surface area (Å²) < 4.78 is 3.65. The molecule has 7 nitrogen and oxygen atoms in total. The molecule has 0 spiro atoms. The largest absolute Gasteiger partial charge is 0.369 e. The minimum Gasteiger partial charge on any atom is -0.369 e. The summed E-state index contributed by atoms with van der Waals surface area (Å²) in [6, 6.07) is 0. The maximum Gasteiger partial charge on any atom is 0.276 e. The Hall–Kier alpha value is -2.09. The monoisotopic (exact) mass is 264 g/mol. The topological polar surface area (TPSA) is 92.7 Å². The third-order valence-corrected chi connectivity index (χ3v) is 2.62. The van der Waals surface area contributed by atoms with Gasteiger partial charge in [0.2, 0.25) is 0 Å². The molecule has 0 saturated carbocycles. The van der Waals surface area contributed by atoms with Gasteiger partial charge in [-0.3, -0.25) is 4.79 Å². The average molecular weight is 264 g/mol. The summed E-state index contributed by atoms with van der Waals surface area (Å²) in [5, 5.41) is 9.92. The maximum atomic E-state index is 11.8. The zero-order valence-electron chi connectivity index (χ0n) is 9.75. The maximum absolute atomic E-state index is 11.8. The van der Waals surface area contributed by atoms with Crippen molar-refractivity contribution in [3.8, 4) is 0 Å². The third kappa shape index (κ3) is 3.20. The number of nitrogens with zero attached hydrogens (tertiary/aromatic N) is 4. The van der Waals surface area contributed by atoms with E-state index in [1.54, 1.807) is 0 Å². The number of aromatic nitrogens is 4. The van der Waals surface area contributed by atoms with Crippen LogP contribution >= 0.6 is 11.5 Å². The summed E-state index contributed by atoms with van der Waals surface area (Å²) in [6.07, 6.45) is 5.45. The highest BCUT2D eigenvalue weighted by Crippen LogP contribution is 2.10. The van der Waals surface area contributed by atoms with E-state index in [1.807, 2.05) is 0 Å². The van der Waals surface area contributed by atoms with Crippen molar-refractivity contribution in [2.45, 2.75) is 13.3 Å². The van der Waals surface area contributed by atoms with Crippen LogP contribution in [0.3, 0.4) is 0 Å². The minimum atomic E-state index is -0.324. The number of amides is 1. The van der Waals surface area contributed by atoms with Crippen LogP contribution in [0.15, 0.2) is 18.6 Å². The van der Waals surface area contributed by atoms with E-state index in [2.05, 4.69) is 37.1 Å². The molecule has 2 aromatic rings. The number of hydrogen-bond donors (Lipinski definition) is 2. The molecule has 0 atom stereocenters. The van der Waals surface area contributed by atoms with Gasteiger partial charge in [-0.15, -0.1) is 5.10 Å². The number of anilines is 2.